The highest BCUT2D eigenvalue weighted by molar-refractivity contribution is 7.98. The van der Waals surface area contributed by atoms with Gasteiger partial charge < -0.3 is 15.2 Å². The van der Waals surface area contributed by atoms with Crippen molar-refractivity contribution in [2.45, 2.75) is 39.3 Å². The van der Waals surface area contributed by atoms with Crippen LogP contribution in [0, 0.1) is 11.6 Å². The van der Waals surface area contributed by atoms with Crippen LogP contribution in [-0.4, -0.2) is 45.8 Å². The van der Waals surface area contributed by atoms with Crippen LogP contribution in [0.1, 0.15) is 37.7 Å². The van der Waals surface area contributed by atoms with Gasteiger partial charge in [0.25, 0.3) is 0 Å². The maximum atomic E-state index is 14.1. The third-order valence-corrected chi connectivity index (χ3v) is 4.91. The molecule has 0 saturated heterocycles. The fraction of sp³-hybridized carbons (Fsp3) is 0.526. The Balaban J connectivity index is 1.99. The van der Waals surface area contributed by atoms with Gasteiger partial charge in [-0.25, -0.2) is 8.78 Å². The predicted octanol–water partition coefficient (Wildman–Crippen LogP) is 3.17. The highest BCUT2D eigenvalue weighted by atomic mass is 32.2. The third kappa shape index (κ3) is 6.78. The van der Waals surface area contributed by atoms with Gasteiger partial charge in [0, 0.05) is 37.7 Å². The highest BCUT2D eigenvalue weighted by Gasteiger charge is 2.13. The summed E-state index contributed by atoms with van der Waals surface area (Å²) in [5, 5.41) is 14.5. The summed E-state index contributed by atoms with van der Waals surface area (Å²) in [6, 6.07) is 3.26. The molecule has 0 aliphatic heterocycles. The average molecular weight is 411 g/mol. The summed E-state index contributed by atoms with van der Waals surface area (Å²) in [6.45, 7) is 5.85. The van der Waals surface area contributed by atoms with Crippen LogP contribution >= 0.6 is 11.8 Å². The van der Waals surface area contributed by atoms with Crippen LogP contribution in [0.25, 0.3) is 0 Å². The van der Waals surface area contributed by atoms with E-state index in [9.17, 15) is 8.78 Å². The fourth-order valence-electron chi connectivity index (χ4n) is 2.72. The Labute approximate surface area is 169 Å². The number of nitrogens with zero attached hydrogens (tertiary/aromatic N) is 4. The molecule has 0 fully saturated rings. The zero-order chi connectivity index (χ0) is 20.4. The number of hydrogen-bond donors (Lipinski definition) is 2. The number of aliphatic imine (C=N–C) groups is 1. The van der Waals surface area contributed by atoms with Gasteiger partial charge in [-0.1, -0.05) is 13.0 Å². The standard InChI is InChI=1S/C19H28F2N6S/c1-4-18-26-24-13-27(18)10-9-23-19(22-8-5-11-28-3)25-14(2)16-7-6-15(20)12-17(16)21/h6-7,12-14H,4-5,8-11H2,1-3H3,(H2,22,23,25). The Hall–Kier alpha value is -2.16. The summed E-state index contributed by atoms with van der Waals surface area (Å²) in [6.07, 6.45) is 5.54. The Bertz CT molecular complexity index is 765. The van der Waals surface area contributed by atoms with Crippen molar-refractivity contribution in [3.63, 3.8) is 0 Å². The highest BCUT2D eigenvalue weighted by Crippen LogP contribution is 2.17. The first-order valence-corrected chi connectivity index (χ1v) is 10.8. The molecule has 0 saturated carbocycles. The zero-order valence-electron chi connectivity index (χ0n) is 16.6. The van der Waals surface area contributed by atoms with Crippen molar-refractivity contribution in [2.24, 2.45) is 4.99 Å². The molecule has 28 heavy (non-hydrogen) atoms. The van der Waals surface area contributed by atoms with E-state index in [1.165, 1.54) is 12.1 Å². The Kier molecular flexibility index (Phi) is 9.19. The monoisotopic (exact) mass is 410 g/mol. The number of thioether (sulfide) groups is 1. The number of nitrogens with one attached hydrogen (secondary N) is 2. The predicted molar refractivity (Wildman–Crippen MR) is 111 cm³/mol. The van der Waals surface area contributed by atoms with Crippen LogP contribution in [-0.2, 0) is 13.0 Å². The smallest absolute Gasteiger partial charge is 0.191 e. The summed E-state index contributed by atoms with van der Waals surface area (Å²) in [5.74, 6) is 1.40. The number of hydrogen-bond acceptors (Lipinski definition) is 4. The van der Waals surface area contributed by atoms with Crippen molar-refractivity contribution in [1.82, 2.24) is 25.4 Å². The first-order chi connectivity index (χ1) is 13.5. The maximum absolute atomic E-state index is 14.1. The number of guanidine groups is 1. The molecule has 1 aromatic heterocycles. The molecule has 0 amide bonds. The molecule has 6 nitrogen and oxygen atoms in total. The van der Waals surface area contributed by atoms with Gasteiger partial charge in [0.05, 0.1) is 6.04 Å². The molecule has 0 bridgehead atoms. The molecule has 1 unspecified atom stereocenters. The Morgan fingerprint density at radius 1 is 1.36 bits per heavy atom. The molecule has 154 valence electrons. The van der Waals surface area contributed by atoms with Crippen LogP contribution in [0.5, 0.6) is 0 Å². The minimum absolute atomic E-state index is 0.353. The lowest BCUT2D eigenvalue weighted by Crippen LogP contribution is -2.40. The van der Waals surface area contributed by atoms with Crippen molar-refractivity contribution in [2.75, 3.05) is 25.1 Å². The van der Waals surface area contributed by atoms with Crippen molar-refractivity contribution in [3.05, 3.63) is 47.5 Å². The Morgan fingerprint density at radius 2 is 2.18 bits per heavy atom. The number of aromatic nitrogens is 3. The SMILES string of the molecule is CCc1nncn1CCNC(=NCCCSC)NC(C)c1ccc(F)cc1F. The van der Waals surface area contributed by atoms with Crippen molar-refractivity contribution in [1.29, 1.82) is 0 Å². The molecule has 2 rings (SSSR count). The van der Waals surface area contributed by atoms with E-state index in [2.05, 4.69) is 32.1 Å². The molecule has 0 spiro atoms. The van der Waals surface area contributed by atoms with Crippen molar-refractivity contribution >= 4 is 17.7 Å². The van der Waals surface area contributed by atoms with Gasteiger partial charge in [0.2, 0.25) is 0 Å². The van der Waals surface area contributed by atoms with E-state index in [0.29, 0.717) is 31.2 Å². The number of benzene rings is 1. The lowest BCUT2D eigenvalue weighted by molar-refractivity contribution is 0.549. The van der Waals surface area contributed by atoms with Crippen LogP contribution in [0.3, 0.4) is 0 Å². The molecular weight excluding hydrogens is 382 g/mol. The molecule has 1 atom stereocenters. The van der Waals surface area contributed by atoms with Gasteiger partial charge in [0.1, 0.15) is 23.8 Å². The van der Waals surface area contributed by atoms with E-state index in [1.807, 2.05) is 18.4 Å². The summed E-state index contributed by atoms with van der Waals surface area (Å²) in [5.41, 5.74) is 0.395. The molecule has 2 N–H and O–H groups in total. The summed E-state index contributed by atoms with van der Waals surface area (Å²) < 4.78 is 29.2. The molecular formula is C19H28F2N6S. The van der Waals surface area contributed by atoms with Gasteiger partial charge in [-0.2, -0.15) is 11.8 Å². The molecule has 0 radical (unpaired) electrons. The molecule has 9 heteroatoms. The van der Waals surface area contributed by atoms with Gasteiger partial charge in [-0.15, -0.1) is 10.2 Å². The maximum Gasteiger partial charge on any atom is 0.191 e. The van der Waals surface area contributed by atoms with Gasteiger partial charge in [-0.05, 0) is 31.4 Å². The summed E-state index contributed by atoms with van der Waals surface area (Å²) in [7, 11) is 0. The summed E-state index contributed by atoms with van der Waals surface area (Å²) >= 11 is 1.78. The second kappa shape index (κ2) is 11.6. The average Bonchev–Trinajstić information content (AvgIpc) is 3.12. The lowest BCUT2D eigenvalue weighted by atomic mass is 10.1. The second-order valence-corrected chi connectivity index (χ2v) is 7.32. The first-order valence-electron chi connectivity index (χ1n) is 9.40. The number of rotatable bonds is 10. The molecule has 0 aliphatic carbocycles. The van der Waals surface area contributed by atoms with E-state index >= 15 is 0 Å². The Morgan fingerprint density at radius 3 is 2.89 bits per heavy atom. The molecule has 2 aromatic rings. The third-order valence-electron chi connectivity index (χ3n) is 4.22. The lowest BCUT2D eigenvalue weighted by Gasteiger charge is -2.19. The van der Waals surface area contributed by atoms with E-state index < -0.39 is 11.6 Å². The quantitative estimate of drug-likeness (QED) is 0.358. The minimum Gasteiger partial charge on any atom is -0.355 e. The van der Waals surface area contributed by atoms with E-state index in [1.54, 1.807) is 18.1 Å². The van der Waals surface area contributed by atoms with Crippen LogP contribution < -0.4 is 10.6 Å². The van der Waals surface area contributed by atoms with Crippen molar-refractivity contribution in [3.8, 4) is 0 Å². The topological polar surface area (TPSA) is 67.1 Å². The van der Waals surface area contributed by atoms with Crippen molar-refractivity contribution < 1.29 is 8.78 Å². The van der Waals surface area contributed by atoms with E-state index in [-0.39, 0.29) is 6.04 Å². The van der Waals surface area contributed by atoms with Crippen LogP contribution in [0.2, 0.25) is 0 Å². The number of aryl methyl sites for hydroxylation is 1. The molecule has 0 aliphatic rings. The minimum atomic E-state index is -0.585. The zero-order valence-corrected chi connectivity index (χ0v) is 17.4. The van der Waals surface area contributed by atoms with Gasteiger partial charge in [0.15, 0.2) is 5.96 Å². The summed E-state index contributed by atoms with van der Waals surface area (Å²) in [4.78, 5) is 4.58. The van der Waals surface area contributed by atoms with Gasteiger partial charge in [-0.3, -0.25) is 4.99 Å². The van der Waals surface area contributed by atoms with E-state index in [0.717, 1.165) is 30.5 Å². The molecule has 1 heterocycles. The second-order valence-electron chi connectivity index (χ2n) is 6.33. The fourth-order valence-corrected chi connectivity index (χ4v) is 3.14. The van der Waals surface area contributed by atoms with Crippen LogP contribution in [0.4, 0.5) is 8.78 Å². The molecule has 1 aromatic carbocycles. The first kappa shape index (κ1) is 22.1. The van der Waals surface area contributed by atoms with E-state index in [4.69, 9.17) is 0 Å². The van der Waals surface area contributed by atoms with Crippen LogP contribution in [0.15, 0.2) is 29.5 Å². The normalized spacial score (nSPS) is 12.8. The van der Waals surface area contributed by atoms with Gasteiger partial charge >= 0.3 is 0 Å². The largest absolute Gasteiger partial charge is 0.355 e. The number of halogens is 2.